The minimum atomic E-state index is -0.787. The number of rotatable bonds is 6. The van der Waals surface area contributed by atoms with Gasteiger partial charge in [-0.3, -0.25) is 9.59 Å². The first-order chi connectivity index (χ1) is 15.3. The highest BCUT2D eigenvalue weighted by molar-refractivity contribution is 6.32. The molecule has 1 atom stereocenters. The molecule has 4 rings (SSSR count). The summed E-state index contributed by atoms with van der Waals surface area (Å²) in [6, 6.07) is 3.34. The normalized spacial score (nSPS) is 21.6. The number of aliphatic carboxylic acids is 1. The molecule has 1 saturated carbocycles. The van der Waals surface area contributed by atoms with Crippen LogP contribution in [0.15, 0.2) is 21.3 Å². The molecule has 7 nitrogen and oxygen atoms in total. The summed E-state index contributed by atoms with van der Waals surface area (Å²) in [7, 11) is 0. The highest BCUT2D eigenvalue weighted by Crippen LogP contribution is 2.35. The van der Waals surface area contributed by atoms with Crippen molar-refractivity contribution >= 4 is 34.4 Å². The van der Waals surface area contributed by atoms with Crippen LogP contribution < -0.4 is 15.7 Å². The van der Waals surface area contributed by atoms with Crippen molar-refractivity contribution in [3.05, 3.63) is 38.7 Å². The van der Waals surface area contributed by atoms with Gasteiger partial charge in [0.1, 0.15) is 11.3 Å². The molecule has 1 aromatic heterocycles. The van der Waals surface area contributed by atoms with Crippen molar-refractivity contribution < 1.29 is 23.8 Å². The maximum atomic E-state index is 12.5. The molecule has 0 aliphatic heterocycles. The zero-order valence-corrected chi connectivity index (χ0v) is 18.9. The number of nitrogens with one attached hydrogen (secondary N) is 1. The number of aryl methyl sites for hydroxylation is 1. The third kappa shape index (κ3) is 4.77. The first-order valence-electron chi connectivity index (χ1n) is 11.3. The van der Waals surface area contributed by atoms with E-state index in [4.69, 9.17) is 25.9 Å². The largest absolute Gasteiger partial charge is 0.481 e. The van der Waals surface area contributed by atoms with E-state index in [1.807, 2.05) is 0 Å². The molecule has 32 heavy (non-hydrogen) atoms. The Bertz CT molecular complexity index is 1090. The van der Waals surface area contributed by atoms with E-state index < -0.39 is 12.1 Å². The minimum absolute atomic E-state index is 0.270. The number of fused-ring (bicyclic) bond motifs is 3. The van der Waals surface area contributed by atoms with Crippen LogP contribution >= 0.6 is 11.6 Å². The average molecular weight is 462 g/mol. The lowest BCUT2D eigenvalue weighted by Crippen LogP contribution is -2.39. The Hall–Kier alpha value is -2.54. The van der Waals surface area contributed by atoms with E-state index in [1.54, 1.807) is 19.1 Å². The first kappa shape index (κ1) is 22.6. The lowest BCUT2D eigenvalue weighted by atomic mass is 9.82. The first-order valence-corrected chi connectivity index (χ1v) is 11.7. The Morgan fingerprint density at radius 3 is 2.56 bits per heavy atom. The van der Waals surface area contributed by atoms with Gasteiger partial charge in [0, 0.05) is 23.6 Å². The Labute approximate surface area is 191 Å². The molecular formula is C24H28ClNO6. The number of hydrogen-bond donors (Lipinski definition) is 2. The SMILES string of the molecule is C[C@H](Oc1cc2oc(=O)c3c(c2cc1Cl)CCCC3)C(=O)NCC1CCC(C(=O)O)CC1. The number of carboxylic acids is 1. The maximum Gasteiger partial charge on any atom is 0.339 e. The minimum Gasteiger partial charge on any atom is -0.481 e. The van der Waals surface area contributed by atoms with Crippen LogP contribution in [0.2, 0.25) is 5.02 Å². The third-order valence-electron chi connectivity index (χ3n) is 6.71. The van der Waals surface area contributed by atoms with Gasteiger partial charge in [0.25, 0.3) is 5.91 Å². The molecular weight excluding hydrogens is 434 g/mol. The summed E-state index contributed by atoms with van der Waals surface area (Å²) >= 11 is 6.45. The predicted molar refractivity (Wildman–Crippen MR) is 120 cm³/mol. The van der Waals surface area contributed by atoms with Crippen LogP contribution in [0, 0.1) is 11.8 Å². The zero-order valence-electron chi connectivity index (χ0n) is 18.1. The number of amides is 1. The second kappa shape index (κ2) is 9.53. The number of carbonyl (C=O) groups is 2. The zero-order chi connectivity index (χ0) is 22.8. The number of ether oxygens (including phenoxy) is 1. The molecule has 1 fully saturated rings. The van der Waals surface area contributed by atoms with Crippen LogP contribution in [0.25, 0.3) is 11.0 Å². The lowest BCUT2D eigenvalue weighted by Gasteiger charge is -2.26. The highest BCUT2D eigenvalue weighted by atomic mass is 35.5. The molecule has 0 spiro atoms. The summed E-state index contributed by atoms with van der Waals surface area (Å²) in [5.41, 5.74) is 1.83. The number of carboxylic acid groups (broad SMARTS) is 1. The summed E-state index contributed by atoms with van der Waals surface area (Å²) in [6.45, 7) is 2.13. The van der Waals surface area contributed by atoms with E-state index >= 15 is 0 Å². The molecule has 1 heterocycles. The highest BCUT2D eigenvalue weighted by Gasteiger charge is 2.27. The van der Waals surface area contributed by atoms with Crippen LogP contribution in [0.3, 0.4) is 0 Å². The van der Waals surface area contributed by atoms with Gasteiger partial charge in [-0.25, -0.2) is 4.79 Å². The van der Waals surface area contributed by atoms with Crippen molar-refractivity contribution in [1.82, 2.24) is 5.32 Å². The van der Waals surface area contributed by atoms with Crippen molar-refractivity contribution in [2.45, 2.75) is 64.4 Å². The summed E-state index contributed by atoms with van der Waals surface area (Å²) < 4.78 is 11.3. The van der Waals surface area contributed by atoms with Gasteiger partial charge in [-0.2, -0.15) is 0 Å². The fourth-order valence-corrected chi connectivity index (χ4v) is 4.99. The van der Waals surface area contributed by atoms with Crippen LogP contribution in [-0.4, -0.2) is 29.6 Å². The molecule has 2 aliphatic carbocycles. The average Bonchev–Trinajstić information content (AvgIpc) is 2.79. The molecule has 1 aromatic carbocycles. The van der Waals surface area contributed by atoms with Crippen molar-refractivity contribution in [2.24, 2.45) is 11.8 Å². The fraction of sp³-hybridized carbons (Fsp3) is 0.542. The smallest absolute Gasteiger partial charge is 0.339 e. The molecule has 1 amide bonds. The topological polar surface area (TPSA) is 106 Å². The third-order valence-corrected chi connectivity index (χ3v) is 7.01. The van der Waals surface area contributed by atoms with Crippen molar-refractivity contribution in [2.75, 3.05) is 6.54 Å². The molecule has 0 unspecified atom stereocenters. The van der Waals surface area contributed by atoms with Crippen molar-refractivity contribution in [3.63, 3.8) is 0 Å². The summed E-state index contributed by atoms with van der Waals surface area (Å²) in [5.74, 6) is -0.717. The van der Waals surface area contributed by atoms with Gasteiger partial charge in [-0.05, 0) is 75.8 Å². The number of carbonyl (C=O) groups excluding carboxylic acids is 1. The van der Waals surface area contributed by atoms with Gasteiger partial charge < -0.3 is 19.6 Å². The molecule has 2 N–H and O–H groups in total. The molecule has 0 bridgehead atoms. The van der Waals surface area contributed by atoms with E-state index in [2.05, 4.69) is 5.32 Å². The Morgan fingerprint density at radius 1 is 1.19 bits per heavy atom. The van der Waals surface area contributed by atoms with Gasteiger partial charge in [-0.15, -0.1) is 0 Å². The van der Waals surface area contributed by atoms with E-state index in [0.717, 1.165) is 55.0 Å². The Kier molecular flexibility index (Phi) is 6.74. The van der Waals surface area contributed by atoms with Crippen molar-refractivity contribution in [3.8, 4) is 5.75 Å². The quantitative estimate of drug-likeness (QED) is 0.627. The van der Waals surface area contributed by atoms with Crippen LogP contribution in [0.4, 0.5) is 0 Å². The van der Waals surface area contributed by atoms with Crippen LogP contribution in [0.5, 0.6) is 5.75 Å². The molecule has 2 aromatic rings. The van der Waals surface area contributed by atoms with Gasteiger partial charge >= 0.3 is 11.6 Å². The van der Waals surface area contributed by atoms with Gasteiger partial charge in [-0.1, -0.05) is 11.6 Å². The summed E-state index contributed by atoms with van der Waals surface area (Å²) in [4.78, 5) is 36.0. The predicted octanol–water partition coefficient (Wildman–Crippen LogP) is 4.10. The number of halogens is 1. The maximum absolute atomic E-state index is 12.5. The second-order valence-corrected chi connectivity index (χ2v) is 9.30. The van der Waals surface area contributed by atoms with E-state index in [0.29, 0.717) is 35.7 Å². The summed E-state index contributed by atoms with van der Waals surface area (Å²) in [6.07, 6.45) is 5.61. The summed E-state index contributed by atoms with van der Waals surface area (Å²) in [5, 5.41) is 13.2. The monoisotopic (exact) mass is 461 g/mol. The number of benzene rings is 1. The standard InChI is InChI=1S/C24H28ClNO6/c1-13(22(27)26-12-14-6-8-15(9-7-14)23(28)29)31-21-11-20-18(10-19(21)25)16-4-2-3-5-17(16)24(30)32-20/h10-11,13-15H,2-9,12H2,1H3,(H,26,27)(H,28,29)/t13-,14?,15?/m0/s1. The lowest BCUT2D eigenvalue weighted by molar-refractivity contribution is -0.143. The second-order valence-electron chi connectivity index (χ2n) is 8.89. The van der Waals surface area contributed by atoms with Crippen molar-refractivity contribution in [1.29, 1.82) is 0 Å². The van der Waals surface area contributed by atoms with Crippen LogP contribution in [0.1, 0.15) is 56.6 Å². The van der Waals surface area contributed by atoms with Crippen LogP contribution in [-0.2, 0) is 22.4 Å². The number of hydrogen-bond acceptors (Lipinski definition) is 5. The van der Waals surface area contributed by atoms with E-state index in [-0.39, 0.29) is 23.4 Å². The van der Waals surface area contributed by atoms with E-state index in [1.165, 1.54) is 0 Å². The van der Waals surface area contributed by atoms with Gasteiger partial charge in [0.05, 0.1) is 10.9 Å². The van der Waals surface area contributed by atoms with Gasteiger partial charge in [0.15, 0.2) is 6.10 Å². The van der Waals surface area contributed by atoms with E-state index in [9.17, 15) is 14.4 Å². The molecule has 2 aliphatic rings. The molecule has 0 saturated heterocycles. The molecule has 0 radical (unpaired) electrons. The molecule has 172 valence electrons. The Morgan fingerprint density at radius 2 is 1.88 bits per heavy atom. The van der Waals surface area contributed by atoms with Gasteiger partial charge in [0.2, 0.25) is 0 Å². The molecule has 8 heteroatoms. The fourth-order valence-electron chi connectivity index (χ4n) is 4.78. The Balaban J connectivity index is 1.40.